The largest absolute Gasteiger partial charge is 0.461 e. The van der Waals surface area contributed by atoms with Gasteiger partial charge in [0.1, 0.15) is 12.4 Å². The van der Waals surface area contributed by atoms with Crippen LogP contribution in [0.2, 0.25) is 25.7 Å². The lowest BCUT2D eigenvalue weighted by molar-refractivity contribution is 0.0519. The topological polar surface area (TPSA) is 102 Å². The van der Waals surface area contributed by atoms with E-state index in [1.165, 1.54) is 0 Å². The maximum Gasteiger partial charge on any atom is 0.354 e. The van der Waals surface area contributed by atoms with Gasteiger partial charge in [-0.2, -0.15) is 5.10 Å². The Morgan fingerprint density at radius 1 is 1.08 bits per heavy atom. The monoisotopic (exact) mass is 506 g/mol. The highest BCUT2D eigenvalue weighted by Crippen LogP contribution is 2.34. The Balaban J connectivity index is 1.82. The van der Waals surface area contributed by atoms with Crippen molar-refractivity contribution in [1.82, 2.24) is 19.7 Å². The molecule has 4 aromatic rings. The maximum absolute atomic E-state index is 13.1. The molecule has 4 rings (SSSR count). The molecule has 0 unspecified atom stereocenters. The minimum absolute atomic E-state index is 0.135. The molecule has 0 saturated carbocycles. The molecular weight excluding hydrogens is 472 g/mol. The first-order valence-corrected chi connectivity index (χ1v) is 15.9. The molecule has 190 valence electrons. The third-order valence-electron chi connectivity index (χ3n) is 6.20. The number of rotatable bonds is 9. The van der Waals surface area contributed by atoms with Crippen LogP contribution in [0.1, 0.15) is 28.8 Å². The van der Waals surface area contributed by atoms with Crippen molar-refractivity contribution in [1.29, 1.82) is 0 Å². The third kappa shape index (κ3) is 5.37. The number of esters is 1. The minimum atomic E-state index is -1.24. The lowest BCUT2D eigenvalue weighted by Gasteiger charge is -2.17. The number of benzene rings is 1. The third-order valence-corrected chi connectivity index (χ3v) is 7.90. The number of hydrogen-bond donors (Lipinski definition) is 2. The number of H-pyrrole nitrogens is 2. The number of aromatic nitrogens is 4. The number of pyridine rings is 1. The van der Waals surface area contributed by atoms with Gasteiger partial charge < -0.3 is 19.0 Å². The zero-order valence-corrected chi connectivity index (χ0v) is 22.8. The van der Waals surface area contributed by atoms with Gasteiger partial charge >= 0.3 is 5.97 Å². The van der Waals surface area contributed by atoms with Gasteiger partial charge in [0, 0.05) is 37.0 Å². The van der Waals surface area contributed by atoms with Gasteiger partial charge in [0.25, 0.3) is 5.56 Å². The number of ether oxygens (including phenoxy) is 2. The molecule has 0 spiro atoms. The molecule has 0 saturated heterocycles. The van der Waals surface area contributed by atoms with Gasteiger partial charge in [-0.25, -0.2) is 4.79 Å². The van der Waals surface area contributed by atoms with Crippen LogP contribution < -0.4 is 5.56 Å². The Hall–Kier alpha value is -3.43. The molecule has 3 heterocycles. The molecule has 0 aliphatic heterocycles. The van der Waals surface area contributed by atoms with E-state index in [-0.39, 0.29) is 17.9 Å². The van der Waals surface area contributed by atoms with Gasteiger partial charge in [0.15, 0.2) is 0 Å². The fourth-order valence-corrected chi connectivity index (χ4v) is 5.00. The molecule has 0 atom stereocenters. The Morgan fingerprint density at radius 3 is 2.39 bits per heavy atom. The molecule has 1 aromatic carbocycles. The number of aryl methyl sites for hydroxylation is 2. The fourth-order valence-electron chi connectivity index (χ4n) is 4.24. The van der Waals surface area contributed by atoms with Crippen LogP contribution in [0.15, 0.2) is 41.2 Å². The van der Waals surface area contributed by atoms with Gasteiger partial charge in [-0.15, -0.1) is 0 Å². The second-order valence-electron chi connectivity index (χ2n) is 10.2. The predicted octanol–water partition coefficient (Wildman–Crippen LogP) is 5.49. The van der Waals surface area contributed by atoms with Crippen LogP contribution in [0.5, 0.6) is 0 Å². The molecule has 0 bridgehead atoms. The number of fused-ring (bicyclic) bond motifs is 1. The summed E-state index contributed by atoms with van der Waals surface area (Å²) < 4.78 is 13.3. The number of hydrogen-bond acceptors (Lipinski definition) is 5. The quantitative estimate of drug-likeness (QED) is 0.177. The smallest absolute Gasteiger partial charge is 0.354 e. The van der Waals surface area contributed by atoms with Crippen LogP contribution in [0, 0.1) is 13.8 Å². The first-order chi connectivity index (χ1) is 17.1. The molecule has 0 fully saturated rings. The lowest BCUT2D eigenvalue weighted by atomic mass is 10.0. The summed E-state index contributed by atoms with van der Waals surface area (Å²) in [5.74, 6) is -0.552. The van der Waals surface area contributed by atoms with E-state index < -0.39 is 14.0 Å². The highest BCUT2D eigenvalue weighted by Gasteiger charge is 2.22. The Morgan fingerprint density at radius 2 is 1.78 bits per heavy atom. The predicted molar refractivity (Wildman–Crippen MR) is 145 cm³/mol. The summed E-state index contributed by atoms with van der Waals surface area (Å²) in [6, 6.07) is 12.8. The summed E-state index contributed by atoms with van der Waals surface area (Å²) in [6.45, 7) is 13.8. The molecule has 0 aliphatic carbocycles. The number of carbonyl (C=O) groups excluding carboxylic acids is 1. The molecule has 0 amide bonds. The van der Waals surface area contributed by atoms with Gasteiger partial charge in [0.2, 0.25) is 0 Å². The summed E-state index contributed by atoms with van der Waals surface area (Å²) in [6.07, 6.45) is 0. The number of nitrogens with one attached hydrogen (secondary N) is 2. The maximum atomic E-state index is 13.1. The average molecular weight is 507 g/mol. The van der Waals surface area contributed by atoms with Crippen LogP contribution in [0.3, 0.4) is 0 Å². The number of aromatic amines is 2. The highest BCUT2D eigenvalue weighted by molar-refractivity contribution is 6.76. The molecule has 8 nitrogen and oxygen atoms in total. The Bertz CT molecular complexity index is 1440. The summed E-state index contributed by atoms with van der Waals surface area (Å²) in [5.41, 5.74) is 5.19. The standard InChI is InChI=1S/C27H34N4O4Si/c1-7-35-27(33)23-15-21-24(26(32)28-23)18(3)31(16-34-12-13-36(4,5)6)25(21)20-10-8-19(9-11-20)22-14-17(2)29-30-22/h8-11,14-15H,7,12-13,16H2,1-6H3,(H,28,32)(H,29,30). The van der Waals surface area contributed by atoms with Crippen molar-refractivity contribution in [3.63, 3.8) is 0 Å². The van der Waals surface area contributed by atoms with Crippen LogP contribution in [0.4, 0.5) is 0 Å². The summed E-state index contributed by atoms with van der Waals surface area (Å²) in [5, 5.41) is 8.55. The van der Waals surface area contributed by atoms with Gasteiger partial charge in [0.05, 0.1) is 23.4 Å². The van der Waals surface area contributed by atoms with E-state index in [1.54, 1.807) is 13.0 Å². The zero-order chi connectivity index (χ0) is 26.0. The van der Waals surface area contributed by atoms with E-state index in [9.17, 15) is 9.59 Å². The second-order valence-corrected chi connectivity index (χ2v) is 15.9. The second kappa shape index (κ2) is 10.3. The molecule has 2 N–H and O–H groups in total. The van der Waals surface area contributed by atoms with Crippen LogP contribution in [0.25, 0.3) is 33.3 Å². The molecule has 0 aliphatic rings. The van der Waals surface area contributed by atoms with Crippen molar-refractivity contribution < 1.29 is 14.3 Å². The first kappa shape index (κ1) is 25.7. The van der Waals surface area contributed by atoms with Crippen molar-refractivity contribution in [2.45, 2.75) is 53.2 Å². The van der Waals surface area contributed by atoms with Crippen molar-refractivity contribution in [3.8, 4) is 22.5 Å². The number of carbonyl (C=O) groups is 1. The van der Waals surface area contributed by atoms with Gasteiger partial charge in [-0.3, -0.25) is 9.89 Å². The molecule has 0 radical (unpaired) electrons. The van der Waals surface area contributed by atoms with Crippen molar-refractivity contribution >= 4 is 24.8 Å². The number of nitrogens with zero attached hydrogens (tertiary/aromatic N) is 2. The van der Waals surface area contributed by atoms with E-state index in [2.05, 4.69) is 34.8 Å². The molecular formula is C27H34N4O4Si. The highest BCUT2D eigenvalue weighted by atomic mass is 28.3. The Kier molecular flexibility index (Phi) is 7.32. The SMILES string of the molecule is CCOC(=O)c1cc2c(-c3ccc(-c4cc(C)[nH]n4)cc3)n(COCC[Si](C)(C)C)c(C)c2c(=O)[nH]1. The van der Waals surface area contributed by atoms with Crippen LogP contribution in [-0.2, 0) is 16.2 Å². The van der Waals surface area contributed by atoms with E-state index in [0.717, 1.165) is 39.9 Å². The van der Waals surface area contributed by atoms with Crippen LogP contribution >= 0.6 is 0 Å². The molecule has 3 aromatic heterocycles. The Labute approximate surface area is 211 Å². The van der Waals surface area contributed by atoms with Crippen molar-refractivity contribution in [2.75, 3.05) is 13.2 Å². The summed E-state index contributed by atoms with van der Waals surface area (Å²) in [4.78, 5) is 28.3. The van der Waals surface area contributed by atoms with E-state index >= 15 is 0 Å². The van der Waals surface area contributed by atoms with Crippen molar-refractivity contribution in [3.05, 3.63) is 63.8 Å². The molecule has 9 heteroatoms. The summed E-state index contributed by atoms with van der Waals surface area (Å²) >= 11 is 0. The zero-order valence-electron chi connectivity index (χ0n) is 21.8. The van der Waals surface area contributed by atoms with Gasteiger partial charge in [-0.05, 0) is 44.5 Å². The fraction of sp³-hybridized carbons (Fsp3) is 0.370. The lowest BCUT2D eigenvalue weighted by Crippen LogP contribution is -2.22. The van der Waals surface area contributed by atoms with Crippen LogP contribution in [-0.4, -0.2) is 47.0 Å². The normalized spacial score (nSPS) is 11.8. The first-order valence-electron chi connectivity index (χ1n) is 12.2. The van der Waals surface area contributed by atoms with Gasteiger partial charge in [-0.1, -0.05) is 43.9 Å². The minimum Gasteiger partial charge on any atom is -0.461 e. The molecule has 36 heavy (non-hydrogen) atoms. The van der Waals surface area contributed by atoms with E-state index in [4.69, 9.17) is 9.47 Å². The van der Waals surface area contributed by atoms with Crippen molar-refractivity contribution in [2.24, 2.45) is 0 Å². The summed E-state index contributed by atoms with van der Waals surface area (Å²) in [7, 11) is -1.24. The van der Waals surface area contributed by atoms with E-state index in [1.807, 2.05) is 48.7 Å². The van der Waals surface area contributed by atoms with E-state index in [0.29, 0.717) is 24.1 Å². The average Bonchev–Trinajstić information content (AvgIpc) is 3.37.